The summed E-state index contributed by atoms with van der Waals surface area (Å²) in [7, 11) is 2.13. The molecule has 15 heavy (non-hydrogen) atoms. The predicted octanol–water partition coefficient (Wildman–Crippen LogP) is 0.903. The van der Waals surface area contributed by atoms with Gasteiger partial charge in [-0.05, 0) is 24.9 Å². The van der Waals surface area contributed by atoms with Crippen molar-refractivity contribution in [3.05, 3.63) is 22.4 Å². The minimum absolute atomic E-state index is 0.148. The van der Waals surface area contributed by atoms with E-state index < -0.39 is 0 Å². The fraction of sp³-hybridized carbons (Fsp3) is 0.636. The number of rotatable bonds is 4. The van der Waals surface area contributed by atoms with Gasteiger partial charge in [-0.1, -0.05) is 6.07 Å². The lowest BCUT2D eigenvalue weighted by molar-refractivity contribution is 0.189. The highest BCUT2D eigenvalue weighted by Crippen LogP contribution is 2.13. The Morgan fingerprint density at radius 1 is 1.67 bits per heavy atom. The van der Waals surface area contributed by atoms with E-state index in [0.29, 0.717) is 6.04 Å². The summed E-state index contributed by atoms with van der Waals surface area (Å²) in [4.78, 5) is 3.71. The van der Waals surface area contributed by atoms with Crippen LogP contribution >= 0.6 is 11.3 Å². The standard InChI is InChI=1S/C11H18N2OS/c1-13(8-11-3-2-4-15-11)7-9-5-10(14)6-12-9/h2-4,9-10,12,14H,5-8H2,1H3. The molecule has 1 aliphatic heterocycles. The van der Waals surface area contributed by atoms with Crippen LogP contribution in [0.5, 0.6) is 0 Å². The second kappa shape index (κ2) is 5.07. The minimum atomic E-state index is -0.148. The third kappa shape index (κ3) is 3.28. The highest BCUT2D eigenvalue weighted by atomic mass is 32.1. The zero-order valence-corrected chi connectivity index (χ0v) is 9.83. The third-order valence-corrected chi connectivity index (χ3v) is 3.60. The molecule has 0 spiro atoms. The largest absolute Gasteiger partial charge is 0.392 e. The Morgan fingerprint density at radius 2 is 2.53 bits per heavy atom. The first-order valence-electron chi connectivity index (χ1n) is 5.36. The van der Waals surface area contributed by atoms with E-state index >= 15 is 0 Å². The maximum Gasteiger partial charge on any atom is 0.0680 e. The van der Waals surface area contributed by atoms with E-state index in [1.807, 2.05) is 0 Å². The number of thiophene rings is 1. The average molecular weight is 226 g/mol. The first-order chi connectivity index (χ1) is 7.24. The van der Waals surface area contributed by atoms with Crippen LogP contribution in [0.2, 0.25) is 0 Å². The van der Waals surface area contributed by atoms with Crippen LogP contribution in [-0.2, 0) is 6.54 Å². The van der Waals surface area contributed by atoms with Gasteiger partial charge in [0.15, 0.2) is 0 Å². The minimum Gasteiger partial charge on any atom is -0.392 e. The maximum atomic E-state index is 9.39. The Morgan fingerprint density at radius 3 is 3.13 bits per heavy atom. The fourth-order valence-corrected chi connectivity index (χ4v) is 2.83. The molecule has 2 rings (SSSR count). The summed E-state index contributed by atoms with van der Waals surface area (Å²) in [6.07, 6.45) is 0.736. The number of nitrogens with one attached hydrogen (secondary N) is 1. The van der Waals surface area contributed by atoms with Crippen molar-refractivity contribution in [3.8, 4) is 0 Å². The van der Waals surface area contributed by atoms with Crippen molar-refractivity contribution >= 4 is 11.3 Å². The Balaban J connectivity index is 1.75. The van der Waals surface area contributed by atoms with Crippen molar-refractivity contribution in [3.63, 3.8) is 0 Å². The molecule has 1 aromatic rings. The second-order valence-corrected chi connectivity index (χ2v) is 5.30. The van der Waals surface area contributed by atoms with Gasteiger partial charge in [-0.3, -0.25) is 4.90 Å². The van der Waals surface area contributed by atoms with Crippen LogP contribution in [0.4, 0.5) is 0 Å². The van der Waals surface area contributed by atoms with Crippen molar-refractivity contribution in [1.29, 1.82) is 0 Å². The van der Waals surface area contributed by atoms with Gasteiger partial charge in [0, 0.05) is 30.6 Å². The van der Waals surface area contributed by atoms with Gasteiger partial charge in [-0.25, -0.2) is 0 Å². The lowest BCUT2D eigenvalue weighted by Crippen LogP contribution is -2.34. The Hall–Kier alpha value is -0.420. The molecule has 0 bridgehead atoms. The lowest BCUT2D eigenvalue weighted by atomic mass is 10.2. The van der Waals surface area contributed by atoms with Crippen LogP contribution in [-0.4, -0.2) is 42.3 Å². The normalized spacial score (nSPS) is 26.3. The van der Waals surface area contributed by atoms with Gasteiger partial charge >= 0.3 is 0 Å². The van der Waals surface area contributed by atoms with Crippen molar-refractivity contribution in [2.75, 3.05) is 20.1 Å². The molecule has 1 aromatic heterocycles. The van der Waals surface area contributed by atoms with Crippen LogP contribution in [0.3, 0.4) is 0 Å². The van der Waals surface area contributed by atoms with E-state index in [1.54, 1.807) is 11.3 Å². The molecule has 1 fully saturated rings. The van der Waals surface area contributed by atoms with E-state index in [0.717, 1.165) is 26.1 Å². The Bertz CT molecular complexity index is 289. The zero-order valence-electron chi connectivity index (χ0n) is 9.02. The van der Waals surface area contributed by atoms with Crippen LogP contribution < -0.4 is 5.32 Å². The summed E-state index contributed by atoms with van der Waals surface area (Å²) in [6, 6.07) is 4.70. The topological polar surface area (TPSA) is 35.5 Å². The first kappa shape index (κ1) is 11.1. The van der Waals surface area contributed by atoms with Crippen molar-refractivity contribution in [2.24, 2.45) is 0 Å². The summed E-state index contributed by atoms with van der Waals surface area (Å²) in [6.45, 7) is 2.76. The molecule has 2 N–H and O–H groups in total. The van der Waals surface area contributed by atoms with Crippen LogP contribution in [0.15, 0.2) is 17.5 Å². The highest BCUT2D eigenvalue weighted by molar-refractivity contribution is 7.09. The lowest BCUT2D eigenvalue weighted by Gasteiger charge is -2.20. The number of β-amino-alcohol motifs (C(OH)–C–C–N with tert-alkyl or cyclic N) is 1. The monoisotopic (exact) mass is 226 g/mol. The molecule has 0 aromatic carbocycles. The summed E-state index contributed by atoms with van der Waals surface area (Å²) < 4.78 is 0. The van der Waals surface area contributed by atoms with Crippen LogP contribution in [0.25, 0.3) is 0 Å². The molecule has 2 atom stereocenters. The predicted molar refractivity (Wildman–Crippen MR) is 63.1 cm³/mol. The molecule has 1 aliphatic rings. The van der Waals surface area contributed by atoms with E-state index in [1.165, 1.54) is 4.88 Å². The van der Waals surface area contributed by atoms with Gasteiger partial charge in [-0.15, -0.1) is 11.3 Å². The van der Waals surface area contributed by atoms with Gasteiger partial charge in [0.1, 0.15) is 0 Å². The van der Waals surface area contributed by atoms with E-state index in [4.69, 9.17) is 0 Å². The highest BCUT2D eigenvalue weighted by Gasteiger charge is 2.22. The van der Waals surface area contributed by atoms with Crippen LogP contribution in [0.1, 0.15) is 11.3 Å². The summed E-state index contributed by atoms with van der Waals surface area (Å²) >= 11 is 1.80. The van der Waals surface area contributed by atoms with Gasteiger partial charge in [0.2, 0.25) is 0 Å². The smallest absolute Gasteiger partial charge is 0.0680 e. The molecule has 0 radical (unpaired) electrons. The van der Waals surface area contributed by atoms with Crippen molar-refractivity contribution in [2.45, 2.75) is 25.1 Å². The average Bonchev–Trinajstić information content (AvgIpc) is 2.77. The van der Waals surface area contributed by atoms with Crippen molar-refractivity contribution in [1.82, 2.24) is 10.2 Å². The quantitative estimate of drug-likeness (QED) is 0.801. The molecule has 2 heterocycles. The molecule has 0 aliphatic carbocycles. The maximum absolute atomic E-state index is 9.39. The molecular formula is C11H18N2OS. The number of hydrogen-bond donors (Lipinski definition) is 2. The molecule has 3 nitrogen and oxygen atoms in total. The summed E-state index contributed by atoms with van der Waals surface area (Å²) in [5.74, 6) is 0. The molecule has 2 unspecified atom stereocenters. The Labute approximate surface area is 94.7 Å². The van der Waals surface area contributed by atoms with Crippen molar-refractivity contribution < 1.29 is 5.11 Å². The van der Waals surface area contributed by atoms with Gasteiger partial charge in [-0.2, -0.15) is 0 Å². The summed E-state index contributed by atoms with van der Waals surface area (Å²) in [5, 5.41) is 14.8. The van der Waals surface area contributed by atoms with Crippen LogP contribution in [0, 0.1) is 0 Å². The van der Waals surface area contributed by atoms with Gasteiger partial charge in [0.05, 0.1) is 6.10 Å². The Kier molecular flexibility index (Phi) is 3.75. The molecule has 0 amide bonds. The summed E-state index contributed by atoms with van der Waals surface area (Å²) in [5.41, 5.74) is 0. The molecule has 0 saturated carbocycles. The van der Waals surface area contributed by atoms with Gasteiger partial charge < -0.3 is 10.4 Å². The molecule has 84 valence electrons. The fourth-order valence-electron chi connectivity index (χ4n) is 2.05. The number of nitrogens with zero attached hydrogens (tertiary/aromatic N) is 1. The van der Waals surface area contributed by atoms with Gasteiger partial charge in [0.25, 0.3) is 0 Å². The number of hydrogen-bond acceptors (Lipinski definition) is 4. The molecule has 1 saturated heterocycles. The number of aliphatic hydroxyl groups is 1. The van der Waals surface area contributed by atoms with E-state index in [9.17, 15) is 5.11 Å². The molecule has 4 heteroatoms. The van der Waals surface area contributed by atoms with E-state index in [2.05, 4.69) is 34.8 Å². The number of likely N-dealkylation sites (N-methyl/N-ethyl adjacent to an activating group) is 1. The SMILES string of the molecule is CN(Cc1cccs1)CC1CC(O)CN1. The first-order valence-corrected chi connectivity index (χ1v) is 6.24. The molecular weight excluding hydrogens is 208 g/mol. The van der Waals surface area contributed by atoms with E-state index in [-0.39, 0.29) is 6.10 Å². The number of aliphatic hydroxyl groups excluding tert-OH is 1. The second-order valence-electron chi connectivity index (χ2n) is 4.27. The zero-order chi connectivity index (χ0) is 10.7. The third-order valence-electron chi connectivity index (χ3n) is 2.74.